The van der Waals surface area contributed by atoms with Gasteiger partial charge in [0.15, 0.2) is 5.82 Å². The third kappa shape index (κ3) is 3.58. The molecule has 0 saturated heterocycles. The highest BCUT2D eigenvalue weighted by Gasteiger charge is 2.09. The number of hydrogen-bond donors (Lipinski definition) is 3. The van der Waals surface area contributed by atoms with E-state index in [4.69, 9.17) is 5.11 Å². The Morgan fingerprint density at radius 1 is 1.35 bits per heavy atom. The van der Waals surface area contributed by atoms with Crippen LogP contribution in [0, 0.1) is 0 Å². The van der Waals surface area contributed by atoms with Gasteiger partial charge in [0.05, 0.1) is 5.69 Å². The molecule has 1 aromatic carbocycles. The number of carbonyl (C=O) groups excluding carboxylic acids is 1. The summed E-state index contributed by atoms with van der Waals surface area (Å²) >= 11 is 0. The van der Waals surface area contributed by atoms with E-state index in [9.17, 15) is 4.79 Å². The monoisotopic (exact) mass is 274 g/mol. The van der Waals surface area contributed by atoms with E-state index >= 15 is 0 Å². The van der Waals surface area contributed by atoms with Crippen LogP contribution in [0.15, 0.2) is 36.4 Å². The van der Waals surface area contributed by atoms with E-state index in [-0.39, 0.29) is 12.6 Å². The van der Waals surface area contributed by atoms with Gasteiger partial charge in [0.1, 0.15) is 0 Å². The van der Waals surface area contributed by atoms with Gasteiger partial charge in [0.25, 0.3) is 0 Å². The molecular formula is C14H18N4O2. The van der Waals surface area contributed by atoms with Gasteiger partial charge >= 0.3 is 6.03 Å². The second-order valence-corrected chi connectivity index (χ2v) is 4.36. The largest absolute Gasteiger partial charge is 0.396 e. The van der Waals surface area contributed by atoms with Gasteiger partial charge in [-0.1, -0.05) is 30.3 Å². The van der Waals surface area contributed by atoms with Gasteiger partial charge in [-0.25, -0.2) is 4.79 Å². The van der Waals surface area contributed by atoms with Crippen LogP contribution in [0.2, 0.25) is 0 Å². The number of nitrogens with one attached hydrogen (secondary N) is 2. The predicted octanol–water partition coefficient (Wildman–Crippen LogP) is 1.59. The Hall–Kier alpha value is -2.34. The Kier molecular flexibility index (Phi) is 4.73. The number of aryl methyl sites for hydroxylation is 1. The smallest absolute Gasteiger partial charge is 0.320 e. The molecule has 0 spiro atoms. The highest BCUT2D eigenvalue weighted by molar-refractivity contribution is 5.88. The lowest BCUT2D eigenvalue weighted by Gasteiger charge is -2.03. The number of hydrogen-bond acceptors (Lipinski definition) is 3. The molecule has 2 amide bonds. The van der Waals surface area contributed by atoms with Crippen LogP contribution in [0.5, 0.6) is 0 Å². The third-order valence-corrected chi connectivity index (χ3v) is 2.81. The van der Waals surface area contributed by atoms with Crippen LogP contribution in [0.25, 0.3) is 11.3 Å². The molecule has 6 nitrogen and oxygen atoms in total. The van der Waals surface area contributed by atoms with E-state index in [1.807, 2.05) is 43.4 Å². The van der Waals surface area contributed by atoms with Gasteiger partial charge in [0, 0.05) is 26.3 Å². The molecule has 1 heterocycles. The lowest BCUT2D eigenvalue weighted by Crippen LogP contribution is -2.30. The number of anilines is 1. The summed E-state index contributed by atoms with van der Waals surface area (Å²) in [5, 5.41) is 18.2. The average Bonchev–Trinajstić information content (AvgIpc) is 2.81. The zero-order valence-electron chi connectivity index (χ0n) is 11.3. The SMILES string of the molecule is Cn1nc(NC(=O)NCCCO)cc1-c1ccccc1. The summed E-state index contributed by atoms with van der Waals surface area (Å²) in [7, 11) is 1.83. The molecule has 0 aliphatic rings. The fraction of sp³-hybridized carbons (Fsp3) is 0.286. The summed E-state index contributed by atoms with van der Waals surface area (Å²) in [6.07, 6.45) is 0.533. The number of carbonyl (C=O) groups is 1. The van der Waals surface area contributed by atoms with E-state index in [0.717, 1.165) is 11.3 Å². The molecule has 0 fully saturated rings. The zero-order valence-corrected chi connectivity index (χ0v) is 11.3. The highest BCUT2D eigenvalue weighted by atomic mass is 16.3. The summed E-state index contributed by atoms with van der Waals surface area (Å²) in [6, 6.07) is 11.3. The van der Waals surface area contributed by atoms with Crippen molar-refractivity contribution in [3.63, 3.8) is 0 Å². The van der Waals surface area contributed by atoms with Gasteiger partial charge in [0.2, 0.25) is 0 Å². The molecule has 0 bridgehead atoms. The second-order valence-electron chi connectivity index (χ2n) is 4.36. The summed E-state index contributed by atoms with van der Waals surface area (Å²) in [4.78, 5) is 11.6. The number of amides is 2. The minimum atomic E-state index is -0.323. The predicted molar refractivity (Wildman–Crippen MR) is 77.4 cm³/mol. The molecule has 0 aliphatic heterocycles. The molecule has 106 valence electrons. The van der Waals surface area contributed by atoms with E-state index < -0.39 is 0 Å². The normalized spacial score (nSPS) is 10.3. The maximum absolute atomic E-state index is 11.6. The maximum atomic E-state index is 11.6. The number of nitrogens with zero attached hydrogens (tertiary/aromatic N) is 2. The van der Waals surface area contributed by atoms with E-state index in [1.165, 1.54) is 0 Å². The summed E-state index contributed by atoms with van der Waals surface area (Å²) in [5.41, 5.74) is 1.97. The van der Waals surface area contributed by atoms with Gasteiger partial charge in [-0.15, -0.1) is 0 Å². The molecular weight excluding hydrogens is 256 g/mol. The number of benzene rings is 1. The molecule has 0 saturated carbocycles. The summed E-state index contributed by atoms with van der Waals surface area (Å²) < 4.78 is 1.72. The van der Waals surface area contributed by atoms with Crippen LogP contribution in [0.3, 0.4) is 0 Å². The lowest BCUT2D eigenvalue weighted by atomic mass is 10.1. The fourth-order valence-corrected chi connectivity index (χ4v) is 1.85. The van der Waals surface area contributed by atoms with Crippen molar-refractivity contribution in [2.75, 3.05) is 18.5 Å². The van der Waals surface area contributed by atoms with Crippen LogP contribution < -0.4 is 10.6 Å². The van der Waals surface area contributed by atoms with Crippen molar-refractivity contribution >= 4 is 11.8 Å². The van der Waals surface area contributed by atoms with Crippen LogP contribution in [0.4, 0.5) is 10.6 Å². The van der Waals surface area contributed by atoms with E-state index in [2.05, 4.69) is 15.7 Å². The molecule has 2 aromatic rings. The first kappa shape index (κ1) is 14.1. The highest BCUT2D eigenvalue weighted by Crippen LogP contribution is 2.21. The number of aromatic nitrogens is 2. The summed E-state index contributed by atoms with van der Waals surface area (Å²) in [6.45, 7) is 0.489. The van der Waals surface area contributed by atoms with E-state index in [0.29, 0.717) is 18.8 Å². The third-order valence-electron chi connectivity index (χ3n) is 2.81. The standard InChI is InChI=1S/C14H18N4O2/c1-18-12(11-6-3-2-4-7-11)10-13(17-18)16-14(20)15-8-5-9-19/h2-4,6-7,10,19H,5,8-9H2,1H3,(H2,15,16,17,20). The Balaban J connectivity index is 2.03. The van der Waals surface area contributed by atoms with Crippen molar-refractivity contribution < 1.29 is 9.90 Å². The van der Waals surface area contributed by atoms with Crippen LogP contribution >= 0.6 is 0 Å². The molecule has 6 heteroatoms. The molecule has 0 unspecified atom stereocenters. The molecule has 0 atom stereocenters. The Morgan fingerprint density at radius 2 is 2.10 bits per heavy atom. The van der Waals surface area contributed by atoms with Gasteiger partial charge in [-0.3, -0.25) is 10.00 Å². The number of aliphatic hydroxyl groups excluding tert-OH is 1. The quantitative estimate of drug-likeness (QED) is 0.724. The molecule has 1 aromatic heterocycles. The molecule has 0 radical (unpaired) electrons. The van der Waals surface area contributed by atoms with Crippen molar-refractivity contribution in [2.45, 2.75) is 6.42 Å². The van der Waals surface area contributed by atoms with Crippen molar-refractivity contribution in [1.82, 2.24) is 15.1 Å². The number of rotatable bonds is 5. The number of aliphatic hydroxyl groups is 1. The maximum Gasteiger partial charge on any atom is 0.320 e. The first-order valence-corrected chi connectivity index (χ1v) is 6.46. The molecule has 20 heavy (non-hydrogen) atoms. The van der Waals surface area contributed by atoms with Crippen molar-refractivity contribution in [1.29, 1.82) is 0 Å². The van der Waals surface area contributed by atoms with Crippen molar-refractivity contribution in [2.24, 2.45) is 7.05 Å². The Bertz CT molecular complexity index is 566. The minimum absolute atomic E-state index is 0.0576. The zero-order chi connectivity index (χ0) is 14.4. The lowest BCUT2D eigenvalue weighted by molar-refractivity contribution is 0.248. The Morgan fingerprint density at radius 3 is 2.80 bits per heavy atom. The van der Waals surface area contributed by atoms with Gasteiger partial charge < -0.3 is 10.4 Å². The van der Waals surface area contributed by atoms with Gasteiger partial charge in [-0.2, -0.15) is 5.10 Å². The first-order chi connectivity index (χ1) is 9.70. The van der Waals surface area contributed by atoms with Crippen LogP contribution in [-0.2, 0) is 7.05 Å². The Labute approximate surface area is 117 Å². The van der Waals surface area contributed by atoms with Gasteiger partial charge in [-0.05, 0) is 12.0 Å². The van der Waals surface area contributed by atoms with Crippen molar-refractivity contribution in [3.05, 3.63) is 36.4 Å². The molecule has 0 aliphatic carbocycles. The summed E-state index contributed by atoms with van der Waals surface area (Å²) in [5.74, 6) is 0.493. The fourth-order valence-electron chi connectivity index (χ4n) is 1.85. The van der Waals surface area contributed by atoms with Crippen molar-refractivity contribution in [3.8, 4) is 11.3 Å². The molecule has 3 N–H and O–H groups in total. The first-order valence-electron chi connectivity index (χ1n) is 6.46. The minimum Gasteiger partial charge on any atom is -0.396 e. The average molecular weight is 274 g/mol. The topological polar surface area (TPSA) is 79.2 Å². The molecule has 2 rings (SSSR count). The second kappa shape index (κ2) is 6.72. The van der Waals surface area contributed by atoms with Crippen LogP contribution in [0.1, 0.15) is 6.42 Å². The number of urea groups is 1. The van der Waals surface area contributed by atoms with Crippen LogP contribution in [-0.4, -0.2) is 34.1 Å². The van der Waals surface area contributed by atoms with E-state index in [1.54, 1.807) is 4.68 Å².